The maximum atomic E-state index is 9.32. The van der Waals surface area contributed by atoms with Crippen molar-refractivity contribution < 1.29 is 9.52 Å². The van der Waals surface area contributed by atoms with E-state index in [-0.39, 0.29) is 12.6 Å². The third-order valence-electron chi connectivity index (χ3n) is 3.71. The number of hydrogen-bond acceptors (Lipinski definition) is 4. The lowest BCUT2D eigenvalue weighted by atomic mass is 10.2. The van der Waals surface area contributed by atoms with E-state index in [0.29, 0.717) is 17.5 Å². The van der Waals surface area contributed by atoms with Gasteiger partial charge >= 0.3 is 0 Å². The molecule has 2 aromatic rings. The number of likely N-dealkylation sites (tertiary alicyclic amines) is 1. The molecule has 0 spiro atoms. The van der Waals surface area contributed by atoms with Gasteiger partial charge in [0.1, 0.15) is 0 Å². The summed E-state index contributed by atoms with van der Waals surface area (Å²) in [6.07, 6.45) is 3.89. The van der Waals surface area contributed by atoms with Crippen molar-refractivity contribution >= 4 is 11.6 Å². The van der Waals surface area contributed by atoms with Gasteiger partial charge in [0.25, 0.3) is 0 Å². The molecular formula is C15H17ClN2O2. The Kier molecular flexibility index (Phi) is 4.05. The molecule has 20 heavy (non-hydrogen) atoms. The molecule has 2 heterocycles. The second kappa shape index (κ2) is 5.95. The zero-order valence-corrected chi connectivity index (χ0v) is 11.9. The fourth-order valence-electron chi connectivity index (χ4n) is 2.64. The van der Waals surface area contributed by atoms with Gasteiger partial charge in [-0.15, -0.1) is 0 Å². The fraction of sp³-hybridized carbons (Fsp3) is 0.400. The predicted octanol–water partition coefficient (Wildman–Crippen LogP) is 2.95. The van der Waals surface area contributed by atoms with Crippen LogP contribution in [0.5, 0.6) is 0 Å². The van der Waals surface area contributed by atoms with Crippen LogP contribution in [-0.2, 0) is 6.54 Å². The van der Waals surface area contributed by atoms with Crippen molar-refractivity contribution in [3.8, 4) is 11.3 Å². The molecule has 1 N–H and O–H groups in total. The van der Waals surface area contributed by atoms with Gasteiger partial charge in [-0.3, -0.25) is 4.90 Å². The molecule has 1 saturated heterocycles. The van der Waals surface area contributed by atoms with Gasteiger partial charge in [0.2, 0.25) is 5.89 Å². The first kappa shape index (κ1) is 13.6. The van der Waals surface area contributed by atoms with Gasteiger partial charge in [-0.25, -0.2) is 4.98 Å². The summed E-state index contributed by atoms with van der Waals surface area (Å²) in [5, 5.41) is 10.0. The highest BCUT2D eigenvalue weighted by Crippen LogP contribution is 2.25. The molecule has 0 unspecified atom stereocenters. The molecule has 0 bridgehead atoms. The summed E-state index contributed by atoms with van der Waals surface area (Å²) >= 11 is 5.98. The largest absolute Gasteiger partial charge is 0.439 e. The summed E-state index contributed by atoms with van der Waals surface area (Å²) in [6.45, 7) is 1.83. The van der Waals surface area contributed by atoms with Gasteiger partial charge in [-0.1, -0.05) is 23.7 Å². The van der Waals surface area contributed by atoms with E-state index in [4.69, 9.17) is 16.0 Å². The van der Waals surface area contributed by atoms with Crippen LogP contribution < -0.4 is 0 Å². The van der Waals surface area contributed by atoms with Crippen LogP contribution in [0.4, 0.5) is 0 Å². The lowest BCUT2D eigenvalue weighted by Crippen LogP contribution is -2.31. The number of aliphatic hydroxyl groups is 1. The van der Waals surface area contributed by atoms with Crippen molar-refractivity contribution in [2.24, 2.45) is 0 Å². The van der Waals surface area contributed by atoms with Gasteiger partial charge in [0.15, 0.2) is 5.76 Å². The number of benzene rings is 1. The van der Waals surface area contributed by atoms with E-state index in [0.717, 1.165) is 30.7 Å². The molecule has 1 aliphatic rings. The Morgan fingerprint density at radius 1 is 1.45 bits per heavy atom. The van der Waals surface area contributed by atoms with Crippen LogP contribution in [0.25, 0.3) is 11.3 Å². The first-order valence-electron chi connectivity index (χ1n) is 6.82. The highest BCUT2D eigenvalue weighted by molar-refractivity contribution is 6.30. The summed E-state index contributed by atoms with van der Waals surface area (Å²) in [4.78, 5) is 6.54. The second-order valence-corrected chi connectivity index (χ2v) is 5.51. The van der Waals surface area contributed by atoms with Crippen LogP contribution in [0.1, 0.15) is 18.7 Å². The standard InChI is InChI=1S/C15H17ClN2O2/c16-12-4-1-3-11(7-12)14-8-17-15(20-14)9-18-6-2-5-13(18)10-19/h1,3-4,7-8,13,19H,2,5-6,9-10H2/t13-/m0/s1. The van der Waals surface area contributed by atoms with E-state index in [1.165, 1.54) is 0 Å². The maximum absolute atomic E-state index is 9.32. The van der Waals surface area contributed by atoms with Crippen molar-refractivity contribution in [2.45, 2.75) is 25.4 Å². The van der Waals surface area contributed by atoms with Crippen LogP contribution in [0.15, 0.2) is 34.9 Å². The van der Waals surface area contributed by atoms with E-state index < -0.39 is 0 Å². The first-order valence-corrected chi connectivity index (χ1v) is 7.19. The Hall–Kier alpha value is -1.36. The highest BCUT2D eigenvalue weighted by Gasteiger charge is 2.25. The SMILES string of the molecule is OC[C@@H]1CCCN1Cc1ncc(-c2cccc(Cl)c2)o1. The normalized spacial score (nSPS) is 19.6. The molecule has 0 saturated carbocycles. The van der Waals surface area contributed by atoms with Crippen LogP contribution in [-0.4, -0.2) is 34.2 Å². The molecule has 106 valence electrons. The molecule has 1 atom stereocenters. The minimum Gasteiger partial charge on any atom is -0.439 e. The van der Waals surface area contributed by atoms with E-state index in [1.54, 1.807) is 6.20 Å². The summed E-state index contributed by atoms with van der Waals surface area (Å²) < 4.78 is 5.79. The average Bonchev–Trinajstić information content (AvgIpc) is 3.08. The van der Waals surface area contributed by atoms with Crippen molar-refractivity contribution in [1.82, 2.24) is 9.88 Å². The maximum Gasteiger partial charge on any atom is 0.209 e. The summed E-state index contributed by atoms with van der Waals surface area (Å²) in [6, 6.07) is 7.76. The van der Waals surface area contributed by atoms with Gasteiger partial charge in [0, 0.05) is 16.6 Å². The number of halogens is 1. The average molecular weight is 293 g/mol. The number of hydrogen-bond donors (Lipinski definition) is 1. The van der Waals surface area contributed by atoms with Gasteiger partial charge in [-0.05, 0) is 31.5 Å². The molecule has 4 nitrogen and oxygen atoms in total. The zero-order valence-electron chi connectivity index (χ0n) is 11.1. The molecule has 1 aromatic heterocycles. The Morgan fingerprint density at radius 2 is 2.35 bits per heavy atom. The number of rotatable bonds is 4. The molecule has 0 radical (unpaired) electrons. The number of oxazole rings is 1. The van der Waals surface area contributed by atoms with Crippen LogP contribution in [0, 0.1) is 0 Å². The lowest BCUT2D eigenvalue weighted by molar-refractivity contribution is 0.144. The first-order chi connectivity index (χ1) is 9.76. The summed E-state index contributed by atoms with van der Waals surface area (Å²) in [5.41, 5.74) is 0.927. The Labute approximate surface area is 123 Å². The Balaban J connectivity index is 1.74. The quantitative estimate of drug-likeness (QED) is 0.941. The second-order valence-electron chi connectivity index (χ2n) is 5.08. The molecule has 1 aliphatic heterocycles. The Morgan fingerprint density at radius 3 is 3.15 bits per heavy atom. The summed E-state index contributed by atoms with van der Waals surface area (Å²) in [7, 11) is 0. The zero-order chi connectivity index (χ0) is 13.9. The number of aromatic nitrogens is 1. The van der Waals surface area contributed by atoms with Gasteiger partial charge < -0.3 is 9.52 Å². The fourth-order valence-corrected chi connectivity index (χ4v) is 2.83. The van der Waals surface area contributed by atoms with E-state index in [1.807, 2.05) is 24.3 Å². The summed E-state index contributed by atoms with van der Waals surface area (Å²) in [5.74, 6) is 1.41. The van der Waals surface area contributed by atoms with Gasteiger partial charge in [-0.2, -0.15) is 0 Å². The van der Waals surface area contributed by atoms with Crippen molar-refractivity contribution in [1.29, 1.82) is 0 Å². The van der Waals surface area contributed by atoms with Crippen LogP contribution in [0.3, 0.4) is 0 Å². The molecule has 1 fully saturated rings. The van der Waals surface area contributed by atoms with Gasteiger partial charge in [0.05, 0.1) is 19.3 Å². The number of nitrogens with zero attached hydrogens (tertiary/aromatic N) is 2. The van der Waals surface area contributed by atoms with Crippen LogP contribution >= 0.6 is 11.6 Å². The smallest absolute Gasteiger partial charge is 0.209 e. The topological polar surface area (TPSA) is 49.5 Å². The number of aliphatic hydroxyl groups excluding tert-OH is 1. The van der Waals surface area contributed by atoms with E-state index in [2.05, 4.69) is 9.88 Å². The molecule has 0 amide bonds. The highest BCUT2D eigenvalue weighted by atomic mass is 35.5. The monoisotopic (exact) mass is 292 g/mol. The molecule has 0 aliphatic carbocycles. The minimum absolute atomic E-state index is 0.196. The van der Waals surface area contributed by atoms with Crippen molar-refractivity contribution in [3.05, 3.63) is 41.4 Å². The Bertz CT molecular complexity index is 585. The molecule has 5 heteroatoms. The molecule has 1 aromatic carbocycles. The predicted molar refractivity (Wildman–Crippen MR) is 77.5 cm³/mol. The third-order valence-corrected chi connectivity index (χ3v) is 3.95. The van der Waals surface area contributed by atoms with E-state index in [9.17, 15) is 5.11 Å². The lowest BCUT2D eigenvalue weighted by Gasteiger charge is -2.20. The van der Waals surface area contributed by atoms with Crippen molar-refractivity contribution in [3.63, 3.8) is 0 Å². The van der Waals surface area contributed by atoms with Crippen LogP contribution in [0.2, 0.25) is 5.02 Å². The minimum atomic E-state index is 0.196. The third kappa shape index (κ3) is 2.87. The van der Waals surface area contributed by atoms with Crippen molar-refractivity contribution in [2.75, 3.05) is 13.2 Å². The van der Waals surface area contributed by atoms with E-state index >= 15 is 0 Å². The molecular weight excluding hydrogens is 276 g/mol. The molecule has 3 rings (SSSR count).